The van der Waals surface area contributed by atoms with E-state index in [1.54, 1.807) is 0 Å². The summed E-state index contributed by atoms with van der Waals surface area (Å²) >= 11 is 0. The summed E-state index contributed by atoms with van der Waals surface area (Å²) in [4.78, 5) is 37.2. The molecule has 1 aliphatic carbocycles. The molecule has 34 heavy (non-hydrogen) atoms. The average Bonchev–Trinajstić information content (AvgIpc) is 3.46. The molecule has 4 rings (SSSR count). The topological polar surface area (TPSA) is 95.9 Å². The van der Waals surface area contributed by atoms with Crippen LogP contribution in [0.5, 0.6) is 0 Å². The second-order valence-electron chi connectivity index (χ2n) is 9.00. The van der Waals surface area contributed by atoms with Crippen LogP contribution in [0.1, 0.15) is 62.0 Å². The van der Waals surface area contributed by atoms with Crippen LogP contribution in [0.3, 0.4) is 0 Å². The number of fused-ring (bicyclic) bond motifs is 3. The van der Waals surface area contributed by atoms with Crippen molar-refractivity contribution in [2.75, 3.05) is 19.7 Å². The number of carbonyl (C=O) groups excluding carboxylic acids is 2. The molecule has 7 heteroatoms. The summed E-state index contributed by atoms with van der Waals surface area (Å²) in [6.07, 6.45) is 4.55. The number of unbranched alkanes of at least 4 members (excludes halogenated alkanes) is 3. The van der Waals surface area contributed by atoms with Gasteiger partial charge in [-0.05, 0) is 47.9 Å². The molecule has 7 nitrogen and oxygen atoms in total. The molecule has 2 amide bonds. The highest BCUT2D eigenvalue weighted by atomic mass is 16.5. The van der Waals surface area contributed by atoms with Crippen LogP contribution in [-0.4, -0.2) is 53.7 Å². The van der Waals surface area contributed by atoms with Gasteiger partial charge in [0.05, 0.1) is 0 Å². The number of carboxylic acid groups (broad SMARTS) is 1. The van der Waals surface area contributed by atoms with Gasteiger partial charge < -0.3 is 20.1 Å². The number of carbonyl (C=O) groups is 3. The van der Waals surface area contributed by atoms with E-state index in [0.717, 1.165) is 32.1 Å². The molecule has 180 valence electrons. The minimum absolute atomic E-state index is 0.0482. The van der Waals surface area contributed by atoms with Crippen LogP contribution in [0.4, 0.5) is 4.79 Å². The third-order valence-corrected chi connectivity index (χ3v) is 6.79. The van der Waals surface area contributed by atoms with Crippen molar-refractivity contribution in [3.05, 3.63) is 59.7 Å². The lowest BCUT2D eigenvalue weighted by Gasteiger charge is -2.21. The quantitative estimate of drug-likeness (QED) is 0.503. The highest BCUT2D eigenvalue weighted by molar-refractivity contribution is 5.84. The van der Waals surface area contributed by atoms with Crippen LogP contribution in [0, 0.1) is 0 Å². The molecule has 2 aromatic rings. The molecule has 1 atom stereocenters. The summed E-state index contributed by atoms with van der Waals surface area (Å²) in [5.41, 5.74) is 4.78. The Balaban J connectivity index is 1.11. The SMILES string of the molecule is O=C(NCCCCCCC(=O)N1CCC[C@@H]1C(=O)O)OCC1c2ccccc2-c2ccccc21. The standard InChI is InChI=1S/C27H32N2O5/c30-25(29-17-9-14-24(29)26(31)32)15-3-1-2-8-16-28-27(33)34-18-23-21-12-6-4-10-19(21)20-11-5-7-13-22(20)23/h4-7,10-13,23-24H,1-3,8-9,14-18H2,(H,28,33)(H,31,32)/t24-/m1/s1. The van der Waals surface area contributed by atoms with E-state index in [2.05, 4.69) is 29.6 Å². The van der Waals surface area contributed by atoms with E-state index in [0.29, 0.717) is 32.5 Å². The van der Waals surface area contributed by atoms with Crippen LogP contribution >= 0.6 is 0 Å². The second-order valence-corrected chi connectivity index (χ2v) is 9.00. The zero-order chi connectivity index (χ0) is 23.9. The summed E-state index contributed by atoms with van der Waals surface area (Å²) in [7, 11) is 0. The Labute approximate surface area is 200 Å². The number of nitrogens with one attached hydrogen (secondary N) is 1. The van der Waals surface area contributed by atoms with Gasteiger partial charge in [0.15, 0.2) is 0 Å². The summed E-state index contributed by atoms with van der Waals surface area (Å²) in [5.74, 6) is -0.932. The molecule has 1 heterocycles. The normalized spacial score (nSPS) is 16.7. The summed E-state index contributed by atoms with van der Waals surface area (Å²) in [5, 5.41) is 12.0. The fourth-order valence-corrected chi connectivity index (χ4v) is 5.06. The van der Waals surface area contributed by atoms with Gasteiger partial charge in [-0.2, -0.15) is 0 Å². The fraction of sp³-hybridized carbons (Fsp3) is 0.444. The minimum atomic E-state index is -0.912. The van der Waals surface area contributed by atoms with Gasteiger partial charge >= 0.3 is 12.1 Å². The van der Waals surface area contributed by atoms with Crippen molar-refractivity contribution in [1.82, 2.24) is 10.2 Å². The smallest absolute Gasteiger partial charge is 0.407 e. The van der Waals surface area contributed by atoms with E-state index in [4.69, 9.17) is 4.74 Å². The number of rotatable bonds is 10. The Morgan fingerprint density at radius 3 is 2.26 bits per heavy atom. The lowest BCUT2D eigenvalue weighted by molar-refractivity contribution is -0.148. The molecule has 2 aromatic carbocycles. The highest BCUT2D eigenvalue weighted by Gasteiger charge is 2.33. The molecule has 1 fully saturated rings. The van der Waals surface area contributed by atoms with Crippen molar-refractivity contribution >= 4 is 18.0 Å². The third kappa shape index (κ3) is 5.41. The Morgan fingerprint density at radius 1 is 0.941 bits per heavy atom. The lowest BCUT2D eigenvalue weighted by Crippen LogP contribution is -2.40. The number of benzene rings is 2. The first-order valence-corrected chi connectivity index (χ1v) is 12.2. The maximum absolute atomic E-state index is 12.3. The first-order valence-electron chi connectivity index (χ1n) is 12.2. The van der Waals surface area contributed by atoms with E-state index >= 15 is 0 Å². The van der Waals surface area contributed by atoms with Crippen molar-refractivity contribution in [2.24, 2.45) is 0 Å². The molecule has 0 radical (unpaired) electrons. The van der Waals surface area contributed by atoms with E-state index < -0.39 is 18.1 Å². The summed E-state index contributed by atoms with van der Waals surface area (Å²) < 4.78 is 5.54. The third-order valence-electron chi connectivity index (χ3n) is 6.79. The number of nitrogens with zero attached hydrogens (tertiary/aromatic N) is 1. The van der Waals surface area contributed by atoms with Crippen LogP contribution < -0.4 is 5.32 Å². The van der Waals surface area contributed by atoms with Crippen molar-refractivity contribution in [3.8, 4) is 11.1 Å². The van der Waals surface area contributed by atoms with Gasteiger partial charge in [-0.1, -0.05) is 61.4 Å². The maximum Gasteiger partial charge on any atom is 0.407 e. The van der Waals surface area contributed by atoms with Crippen LogP contribution in [0.15, 0.2) is 48.5 Å². The van der Waals surface area contributed by atoms with Gasteiger partial charge in [-0.25, -0.2) is 9.59 Å². The number of carboxylic acids is 1. The number of hydrogen-bond acceptors (Lipinski definition) is 4. The molecule has 0 bridgehead atoms. The molecule has 2 aliphatic rings. The Morgan fingerprint density at radius 2 is 1.59 bits per heavy atom. The number of alkyl carbamates (subject to hydrolysis) is 1. The van der Waals surface area contributed by atoms with Gasteiger partial charge in [0, 0.05) is 25.4 Å². The largest absolute Gasteiger partial charge is 0.480 e. The Kier molecular flexibility index (Phi) is 7.83. The number of likely N-dealkylation sites (tertiary alicyclic amines) is 1. The summed E-state index contributed by atoms with van der Waals surface area (Å²) in [6.45, 7) is 1.37. The zero-order valence-electron chi connectivity index (χ0n) is 19.4. The monoisotopic (exact) mass is 464 g/mol. The molecule has 0 spiro atoms. The maximum atomic E-state index is 12.3. The van der Waals surface area contributed by atoms with Crippen LogP contribution in [0.25, 0.3) is 11.1 Å². The molecule has 0 aromatic heterocycles. The number of hydrogen-bond donors (Lipinski definition) is 2. The average molecular weight is 465 g/mol. The van der Waals surface area contributed by atoms with Crippen molar-refractivity contribution in [2.45, 2.75) is 56.9 Å². The van der Waals surface area contributed by atoms with Gasteiger partial charge in [0.25, 0.3) is 0 Å². The first kappa shape index (κ1) is 23.8. The van der Waals surface area contributed by atoms with E-state index in [1.165, 1.54) is 27.2 Å². The van der Waals surface area contributed by atoms with Crippen molar-refractivity contribution in [3.63, 3.8) is 0 Å². The van der Waals surface area contributed by atoms with Crippen LogP contribution in [0.2, 0.25) is 0 Å². The van der Waals surface area contributed by atoms with Gasteiger partial charge in [-0.3, -0.25) is 4.79 Å². The Hall–Kier alpha value is -3.35. The van der Waals surface area contributed by atoms with Crippen LogP contribution in [-0.2, 0) is 14.3 Å². The minimum Gasteiger partial charge on any atom is -0.480 e. The molecular formula is C27H32N2O5. The fourth-order valence-electron chi connectivity index (χ4n) is 5.06. The lowest BCUT2D eigenvalue weighted by atomic mass is 9.98. The van der Waals surface area contributed by atoms with E-state index in [-0.39, 0.29) is 11.8 Å². The molecule has 1 aliphatic heterocycles. The van der Waals surface area contributed by atoms with E-state index in [9.17, 15) is 19.5 Å². The van der Waals surface area contributed by atoms with Gasteiger partial charge in [0.2, 0.25) is 5.91 Å². The van der Waals surface area contributed by atoms with Gasteiger partial charge in [0.1, 0.15) is 12.6 Å². The van der Waals surface area contributed by atoms with Crippen molar-refractivity contribution in [1.29, 1.82) is 0 Å². The number of ether oxygens (including phenoxy) is 1. The molecule has 0 saturated carbocycles. The highest BCUT2D eigenvalue weighted by Crippen LogP contribution is 2.44. The number of aliphatic carboxylic acids is 1. The second kappa shape index (κ2) is 11.2. The molecule has 2 N–H and O–H groups in total. The predicted molar refractivity (Wildman–Crippen MR) is 129 cm³/mol. The summed E-state index contributed by atoms with van der Waals surface area (Å²) in [6, 6.07) is 15.8. The Bertz CT molecular complexity index is 992. The number of amides is 2. The zero-order valence-corrected chi connectivity index (χ0v) is 19.4. The van der Waals surface area contributed by atoms with E-state index in [1.807, 2.05) is 24.3 Å². The molecular weight excluding hydrogens is 432 g/mol. The predicted octanol–water partition coefficient (Wildman–Crippen LogP) is 4.55. The molecule has 1 saturated heterocycles. The first-order chi connectivity index (χ1) is 16.6. The van der Waals surface area contributed by atoms with Gasteiger partial charge in [-0.15, -0.1) is 0 Å². The van der Waals surface area contributed by atoms with Crippen molar-refractivity contribution < 1.29 is 24.2 Å². The molecule has 0 unspecified atom stereocenters.